The van der Waals surface area contributed by atoms with Gasteiger partial charge in [-0.25, -0.2) is 19.5 Å². The quantitative estimate of drug-likeness (QED) is 0.405. The average molecular weight is 432 g/mol. The van der Waals surface area contributed by atoms with Crippen LogP contribution in [-0.2, 0) is 17.8 Å². The number of carbonyl (C=O) groups is 2. The van der Waals surface area contributed by atoms with Crippen LogP contribution in [0, 0.1) is 5.82 Å². The third-order valence-corrected chi connectivity index (χ3v) is 4.45. The molecule has 0 radical (unpaired) electrons. The van der Waals surface area contributed by atoms with Crippen LogP contribution in [0.2, 0.25) is 0 Å². The monoisotopic (exact) mass is 432 g/mol. The molecule has 0 spiro atoms. The number of aromatic amines is 1. The van der Waals surface area contributed by atoms with Crippen molar-refractivity contribution in [2.45, 2.75) is 13.0 Å². The minimum Gasteiger partial charge on any atom is -0.347 e. The summed E-state index contributed by atoms with van der Waals surface area (Å²) in [6.45, 7) is 0.277. The van der Waals surface area contributed by atoms with Gasteiger partial charge >= 0.3 is 0 Å². The molecule has 32 heavy (non-hydrogen) atoms. The minimum absolute atomic E-state index is 0.0244. The Balaban J connectivity index is 1.33. The van der Waals surface area contributed by atoms with Crippen LogP contribution in [0.15, 0.2) is 60.9 Å². The van der Waals surface area contributed by atoms with Gasteiger partial charge in [0.25, 0.3) is 5.91 Å². The van der Waals surface area contributed by atoms with E-state index in [1.807, 2.05) is 24.3 Å². The van der Waals surface area contributed by atoms with Crippen molar-refractivity contribution in [1.29, 1.82) is 0 Å². The van der Waals surface area contributed by atoms with Crippen molar-refractivity contribution >= 4 is 17.6 Å². The molecule has 2 aromatic carbocycles. The first-order valence-electron chi connectivity index (χ1n) is 9.54. The summed E-state index contributed by atoms with van der Waals surface area (Å²) in [5, 5.41) is 18.9. The van der Waals surface area contributed by atoms with Crippen molar-refractivity contribution in [3.05, 3.63) is 83.6 Å². The Morgan fingerprint density at radius 3 is 2.59 bits per heavy atom. The molecular weight excluding hydrogens is 415 g/mol. The van der Waals surface area contributed by atoms with Crippen molar-refractivity contribution in [2.24, 2.45) is 0 Å². The highest BCUT2D eigenvalue weighted by molar-refractivity contribution is 5.95. The number of tetrazole rings is 1. The molecule has 11 heteroatoms. The Labute approximate surface area is 181 Å². The smallest absolute Gasteiger partial charge is 0.270 e. The third kappa shape index (κ3) is 5.33. The lowest BCUT2D eigenvalue weighted by molar-refractivity contribution is -0.115. The summed E-state index contributed by atoms with van der Waals surface area (Å²) in [5.41, 5.74) is 2.32. The number of hydrogen-bond donors (Lipinski definition) is 3. The summed E-state index contributed by atoms with van der Waals surface area (Å²) < 4.78 is 13.3. The molecule has 160 valence electrons. The van der Waals surface area contributed by atoms with E-state index in [-0.39, 0.29) is 30.4 Å². The Bertz CT molecular complexity index is 1230. The summed E-state index contributed by atoms with van der Waals surface area (Å²) in [6.07, 6.45) is 1.16. The highest BCUT2D eigenvalue weighted by atomic mass is 19.1. The summed E-state index contributed by atoms with van der Waals surface area (Å²) in [7, 11) is 0. The minimum atomic E-state index is -0.420. The SMILES string of the molecule is O=C(Cc1cccc(F)c1)Nc1cc(C(=O)NCc2ccc(-c3nnn[nH]3)cc2)ncn1. The number of benzene rings is 2. The van der Waals surface area contributed by atoms with Gasteiger partial charge in [0.2, 0.25) is 5.91 Å². The van der Waals surface area contributed by atoms with E-state index >= 15 is 0 Å². The number of anilines is 1. The lowest BCUT2D eigenvalue weighted by Crippen LogP contribution is -2.24. The number of hydrogen-bond acceptors (Lipinski definition) is 7. The van der Waals surface area contributed by atoms with E-state index in [0.29, 0.717) is 11.4 Å². The zero-order chi connectivity index (χ0) is 22.3. The standard InChI is InChI=1S/C21H17FN8O2/c22-16-3-1-2-14(8-16)9-19(31)26-18-10-17(24-12-25-18)21(32)23-11-13-4-6-15(7-5-13)20-27-29-30-28-20/h1-8,10,12H,9,11H2,(H,23,32)(H,24,25,26,31)(H,27,28,29,30). The van der Waals surface area contributed by atoms with Gasteiger partial charge in [-0.05, 0) is 33.7 Å². The summed E-state index contributed by atoms with van der Waals surface area (Å²) >= 11 is 0. The van der Waals surface area contributed by atoms with Gasteiger partial charge in [-0.3, -0.25) is 9.59 Å². The summed E-state index contributed by atoms with van der Waals surface area (Å²) in [4.78, 5) is 32.5. The first kappa shape index (κ1) is 20.7. The highest BCUT2D eigenvalue weighted by Gasteiger charge is 2.11. The fourth-order valence-electron chi connectivity index (χ4n) is 2.90. The van der Waals surface area contributed by atoms with Crippen molar-refractivity contribution < 1.29 is 14.0 Å². The van der Waals surface area contributed by atoms with Crippen LogP contribution in [0.4, 0.5) is 10.2 Å². The zero-order valence-electron chi connectivity index (χ0n) is 16.6. The Morgan fingerprint density at radius 1 is 1.00 bits per heavy atom. The predicted octanol–water partition coefficient (Wildman–Crippen LogP) is 1.91. The molecule has 2 aromatic heterocycles. The second-order valence-electron chi connectivity index (χ2n) is 6.77. The maximum absolute atomic E-state index is 13.3. The van der Waals surface area contributed by atoms with Crippen molar-refractivity contribution in [2.75, 3.05) is 5.32 Å². The number of H-pyrrole nitrogens is 1. The predicted molar refractivity (Wildman–Crippen MR) is 112 cm³/mol. The van der Waals surface area contributed by atoms with Gasteiger partial charge in [-0.2, -0.15) is 0 Å². The van der Waals surface area contributed by atoms with Crippen LogP contribution in [0.3, 0.4) is 0 Å². The van der Waals surface area contributed by atoms with Gasteiger partial charge in [0.15, 0.2) is 5.82 Å². The number of halogens is 1. The molecule has 0 bridgehead atoms. The van der Waals surface area contributed by atoms with E-state index in [0.717, 1.165) is 11.1 Å². The van der Waals surface area contributed by atoms with Crippen LogP contribution in [0.25, 0.3) is 11.4 Å². The molecular formula is C21H17FN8O2. The van der Waals surface area contributed by atoms with Gasteiger partial charge in [-0.15, -0.1) is 5.10 Å². The molecule has 3 N–H and O–H groups in total. The molecule has 2 heterocycles. The van der Waals surface area contributed by atoms with Crippen molar-refractivity contribution in [3.8, 4) is 11.4 Å². The van der Waals surface area contributed by atoms with Crippen molar-refractivity contribution in [1.82, 2.24) is 35.9 Å². The molecule has 0 atom stereocenters. The highest BCUT2D eigenvalue weighted by Crippen LogP contribution is 2.14. The molecule has 2 amide bonds. The van der Waals surface area contributed by atoms with Gasteiger partial charge in [0.05, 0.1) is 6.42 Å². The van der Waals surface area contributed by atoms with Gasteiger partial charge < -0.3 is 10.6 Å². The van der Waals surface area contributed by atoms with E-state index in [1.54, 1.807) is 6.07 Å². The molecule has 0 aliphatic carbocycles. The second-order valence-corrected chi connectivity index (χ2v) is 6.77. The lowest BCUT2D eigenvalue weighted by Gasteiger charge is -2.08. The Morgan fingerprint density at radius 2 is 1.84 bits per heavy atom. The molecule has 0 fully saturated rings. The molecule has 4 aromatic rings. The first-order valence-corrected chi connectivity index (χ1v) is 9.54. The molecule has 0 saturated carbocycles. The number of aromatic nitrogens is 6. The van der Waals surface area contributed by atoms with E-state index in [4.69, 9.17) is 0 Å². The topological polar surface area (TPSA) is 138 Å². The molecule has 10 nitrogen and oxygen atoms in total. The first-order chi connectivity index (χ1) is 15.6. The maximum Gasteiger partial charge on any atom is 0.270 e. The van der Waals surface area contributed by atoms with Crippen LogP contribution >= 0.6 is 0 Å². The molecule has 0 saturated heterocycles. The number of nitrogens with one attached hydrogen (secondary N) is 3. The molecule has 0 aliphatic heterocycles. The fourth-order valence-corrected chi connectivity index (χ4v) is 2.90. The zero-order valence-corrected chi connectivity index (χ0v) is 16.6. The van der Waals surface area contributed by atoms with E-state index in [2.05, 4.69) is 41.2 Å². The van der Waals surface area contributed by atoms with Crippen LogP contribution in [0.5, 0.6) is 0 Å². The molecule has 0 aliphatic rings. The maximum atomic E-state index is 13.3. The Kier molecular flexibility index (Phi) is 6.16. The number of rotatable bonds is 7. The van der Waals surface area contributed by atoms with Crippen LogP contribution < -0.4 is 10.6 Å². The molecule has 4 rings (SSSR count). The fraction of sp³-hybridized carbons (Fsp3) is 0.0952. The summed E-state index contributed by atoms with van der Waals surface area (Å²) in [5.74, 6) is -0.495. The van der Waals surface area contributed by atoms with E-state index in [1.165, 1.54) is 30.6 Å². The third-order valence-electron chi connectivity index (χ3n) is 4.45. The second kappa shape index (κ2) is 9.51. The van der Waals surface area contributed by atoms with Crippen LogP contribution in [-0.4, -0.2) is 42.4 Å². The number of nitrogens with zero attached hydrogens (tertiary/aromatic N) is 5. The normalized spacial score (nSPS) is 10.5. The van der Waals surface area contributed by atoms with E-state index < -0.39 is 11.7 Å². The van der Waals surface area contributed by atoms with Crippen LogP contribution in [0.1, 0.15) is 21.6 Å². The lowest BCUT2D eigenvalue weighted by atomic mass is 10.1. The molecule has 0 unspecified atom stereocenters. The Hall–Kier alpha value is -4.54. The van der Waals surface area contributed by atoms with Gasteiger partial charge in [0, 0.05) is 18.2 Å². The number of carbonyl (C=O) groups excluding carboxylic acids is 2. The largest absolute Gasteiger partial charge is 0.347 e. The van der Waals surface area contributed by atoms with E-state index in [9.17, 15) is 14.0 Å². The number of amides is 2. The van der Waals surface area contributed by atoms with Gasteiger partial charge in [0.1, 0.15) is 23.7 Å². The van der Waals surface area contributed by atoms with Gasteiger partial charge in [-0.1, -0.05) is 36.4 Å². The summed E-state index contributed by atoms with van der Waals surface area (Å²) in [6, 6.07) is 14.5. The van der Waals surface area contributed by atoms with Crippen molar-refractivity contribution in [3.63, 3.8) is 0 Å². The average Bonchev–Trinajstić information content (AvgIpc) is 3.33.